The molecule has 0 bridgehead atoms. The second-order valence-corrected chi connectivity index (χ2v) is 6.24. The van der Waals surface area contributed by atoms with Crippen molar-refractivity contribution in [3.8, 4) is 5.75 Å². The van der Waals surface area contributed by atoms with E-state index in [1.54, 1.807) is 24.3 Å². The number of ether oxygens (including phenoxy) is 1. The third kappa shape index (κ3) is 2.98. The Kier molecular flexibility index (Phi) is 3.69. The summed E-state index contributed by atoms with van der Waals surface area (Å²) in [7, 11) is -3.15. The molecule has 1 aromatic rings. The second-order valence-electron chi connectivity index (χ2n) is 4.21. The van der Waals surface area contributed by atoms with E-state index in [1.165, 1.54) is 0 Å². The van der Waals surface area contributed by atoms with Crippen LogP contribution >= 0.6 is 0 Å². The van der Waals surface area contributed by atoms with Crippen molar-refractivity contribution in [3.05, 3.63) is 24.3 Å². The summed E-state index contributed by atoms with van der Waals surface area (Å²) in [6.07, 6.45) is 0. The van der Waals surface area contributed by atoms with Gasteiger partial charge in [0, 0.05) is 13.1 Å². The van der Waals surface area contributed by atoms with Gasteiger partial charge in [0.15, 0.2) is 9.84 Å². The fourth-order valence-corrected chi connectivity index (χ4v) is 3.38. The lowest BCUT2D eigenvalue weighted by Crippen LogP contribution is -2.45. The molecule has 0 aromatic heterocycles. The summed E-state index contributed by atoms with van der Waals surface area (Å²) in [4.78, 5) is 0.382. The number of benzene rings is 1. The van der Waals surface area contributed by atoms with Gasteiger partial charge >= 0.3 is 0 Å². The lowest BCUT2D eigenvalue weighted by atomic mass is 10.1. The molecule has 0 radical (unpaired) electrons. The SMILES string of the molecule is CCOc1ccc(S(=O)(=O)CC2CNC2)cc1. The molecule has 0 unspecified atom stereocenters. The predicted octanol–water partition coefficient (Wildman–Crippen LogP) is 1.08. The molecule has 0 atom stereocenters. The molecule has 2 rings (SSSR count). The third-order valence-electron chi connectivity index (χ3n) is 2.81. The van der Waals surface area contributed by atoms with Gasteiger partial charge in [0.25, 0.3) is 0 Å². The molecule has 17 heavy (non-hydrogen) atoms. The van der Waals surface area contributed by atoms with Gasteiger partial charge in [-0.15, -0.1) is 0 Å². The molecule has 1 heterocycles. The van der Waals surface area contributed by atoms with Crippen molar-refractivity contribution in [2.24, 2.45) is 5.92 Å². The normalized spacial score (nSPS) is 16.5. The summed E-state index contributed by atoms with van der Waals surface area (Å²) in [6, 6.07) is 6.64. The highest BCUT2D eigenvalue weighted by Gasteiger charge is 2.25. The minimum absolute atomic E-state index is 0.230. The van der Waals surface area contributed by atoms with Crippen molar-refractivity contribution in [3.63, 3.8) is 0 Å². The van der Waals surface area contributed by atoms with E-state index in [0.717, 1.165) is 13.1 Å². The zero-order valence-electron chi connectivity index (χ0n) is 9.85. The molecular formula is C12H17NO3S. The van der Waals surface area contributed by atoms with Gasteiger partial charge in [0.1, 0.15) is 5.75 Å². The van der Waals surface area contributed by atoms with Crippen LogP contribution in [0, 0.1) is 5.92 Å². The minimum Gasteiger partial charge on any atom is -0.494 e. The van der Waals surface area contributed by atoms with Crippen LogP contribution in [-0.2, 0) is 9.84 Å². The highest BCUT2D eigenvalue weighted by molar-refractivity contribution is 7.91. The number of hydrogen-bond donors (Lipinski definition) is 1. The van der Waals surface area contributed by atoms with Crippen molar-refractivity contribution >= 4 is 9.84 Å². The van der Waals surface area contributed by atoms with Crippen LogP contribution in [0.25, 0.3) is 0 Å². The Morgan fingerprint density at radius 3 is 2.41 bits per heavy atom. The first-order valence-electron chi connectivity index (χ1n) is 5.78. The molecule has 1 aliphatic heterocycles. The van der Waals surface area contributed by atoms with Crippen molar-refractivity contribution in [2.75, 3.05) is 25.4 Å². The molecule has 1 saturated heterocycles. The van der Waals surface area contributed by atoms with E-state index in [2.05, 4.69) is 5.32 Å². The van der Waals surface area contributed by atoms with E-state index < -0.39 is 9.84 Å². The van der Waals surface area contributed by atoms with Crippen molar-refractivity contribution in [1.29, 1.82) is 0 Å². The molecule has 0 amide bonds. The van der Waals surface area contributed by atoms with Crippen LogP contribution in [-0.4, -0.2) is 33.9 Å². The largest absolute Gasteiger partial charge is 0.494 e. The molecule has 0 spiro atoms. The Morgan fingerprint density at radius 2 is 1.94 bits per heavy atom. The molecule has 5 heteroatoms. The van der Waals surface area contributed by atoms with Gasteiger partial charge in [0.2, 0.25) is 0 Å². The average Bonchev–Trinajstić information content (AvgIpc) is 2.25. The Labute approximate surface area is 102 Å². The van der Waals surface area contributed by atoms with Crippen LogP contribution in [0.2, 0.25) is 0 Å². The maximum Gasteiger partial charge on any atom is 0.178 e. The van der Waals surface area contributed by atoms with E-state index in [-0.39, 0.29) is 11.7 Å². The first kappa shape index (κ1) is 12.4. The Balaban J connectivity index is 2.09. The van der Waals surface area contributed by atoms with Crippen LogP contribution in [0.15, 0.2) is 29.2 Å². The van der Waals surface area contributed by atoms with E-state index in [4.69, 9.17) is 4.74 Å². The molecule has 4 nitrogen and oxygen atoms in total. The van der Waals surface area contributed by atoms with Gasteiger partial charge in [-0.25, -0.2) is 8.42 Å². The van der Waals surface area contributed by atoms with Gasteiger partial charge in [-0.3, -0.25) is 0 Å². The summed E-state index contributed by atoms with van der Waals surface area (Å²) in [5, 5.41) is 3.08. The third-order valence-corrected chi connectivity index (χ3v) is 4.72. The first-order valence-corrected chi connectivity index (χ1v) is 7.43. The highest BCUT2D eigenvalue weighted by atomic mass is 32.2. The van der Waals surface area contributed by atoms with Gasteiger partial charge < -0.3 is 10.1 Å². The standard InChI is InChI=1S/C12H17NO3S/c1-2-16-11-3-5-12(6-4-11)17(14,15)9-10-7-13-8-10/h3-6,10,13H,2,7-9H2,1H3. The van der Waals surface area contributed by atoms with E-state index in [0.29, 0.717) is 17.3 Å². The minimum atomic E-state index is -3.15. The number of sulfone groups is 1. The average molecular weight is 255 g/mol. The van der Waals surface area contributed by atoms with Crippen LogP contribution in [0.3, 0.4) is 0 Å². The molecule has 1 aromatic carbocycles. The van der Waals surface area contributed by atoms with Gasteiger partial charge in [-0.1, -0.05) is 0 Å². The van der Waals surface area contributed by atoms with Crippen LogP contribution < -0.4 is 10.1 Å². The van der Waals surface area contributed by atoms with Crippen molar-refractivity contribution in [1.82, 2.24) is 5.32 Å². The Morgan fingerprint density at radius 1 is 1.29 bits per heavy atom. The summed E-state index contributed by atoms with van der Waals surface area (Å²) >= 11 is 0. The fraction of sp³-hybridized carbons (Fsp3) is 0.500. The molecular weight excluding hydrogens is 238 g/mol. The maximum absolute atomic E-state index is 12.0. The van der Waals surface area contributed by atoms with Gasteiger partial charge in [-0.05, 0) is 37.1 Å². The topological polar surface area (TPSA) is 55.4 Å². The monoisotopic (exact) mass is 255 g/mol. The summed E-state index contributed by atoms with van der Waals surface area (Å²) in [6.45, 7) is 4.08. The number of nitrogens with one attached hydrogen (secondary N) is 1. The number of rotatable bonds is 5. The molecule has 94 valence electrons. The van der Waals surface area contributed by atoms with Crippen LogP contribution in [0.4, 0.5) is 0 Å². The quantitative estimate of drug-likeness (QED) is 0.855. The summed E-state index contributed by atoms with van der Waals surface area (Å²) < 4.78 is 29.4. The maximum atomic E-state index is 12.0. The lowest BCUT2D eigenvalue weighted by molar-refractivity contribution is 0.340. The number of hydrogen-bond acceptors (Lipinski definition) is 4. The molecule has 1 N–H and O–H groups in total. The van der Waals surface area contributed by atoms with E-state index >= 15 is 0 Å². The zero-order chi connectivity index (χ0) is 12.3. The molecule has 1 aliphatic rings. The summed E-state index contributed by atoms with van der Waals surface area (Å²) in [5.41, 5.74) is 0. The fourth-order valence-electron chi connectivity index (χ4n) is 1.78. The second kappa shape index (κ2) is 5.06. The highest BCUT2D eigenvalue weighted by Crippen LogP contribution is 2.19. The Bertz CT molecular complexity index is 463. The molecule has 0 aliphatic carbocycles. The lowest BCUT2D eigenvalue weighted by Gasteiger charge is -2.26. The predicted molar refractivity (Wildman–Crippen MR) is 66.0 cm³/mol. The van der Waals surface area contributed by atoms with E-state index in [9.17, 15) is 8.42 Å². The smallest absolute Gasteiger partial charge is 0.178 e. The van der Waals surface area contributed by atoms with Gasteiger partial charge in [-0.2, -0.15) is 0 Å². The first-order chi connectivity index (χ1) is 8.12. The van der Waals surface area contributed by atoms with E-state index in [1.807, 2.05) is 6.92 Å². The van der Waals surface area contributed by atoms with Crippen molar-refractivity contribution in [2.45, 2.75) is 11.8 Å². The van der Waals surface area contributed by atoms with Crippen LogP contribution in [0.1, 0.15) is 6.92 Å². The zero-order valence-corrected chi connectivity index (χ0v) is 10.7. The summed E-state index contributed by atoms with van der Waals surface area (Å²) in [5.74, 6) is 1.19. The van der Waals surface area contributed by atoms with Gasteiger partial charge in [0.05, 0.1) is 17.3 Å². The van der Waals surface area contributed by atoms with Crippen LogP contribution in [0.5, 0.6) is 5.75 Å². The Hall–Kier alpha value is -1.07. The molecule has 0 saturated carbocycles. The molecule has 1 fully saturated rings. The van der Waals surface area contributed by atoms with Crippen molar-refractivity contribution < 1.29 is 13.2 Å².